The number of hydrogen-bond donors (Lipinski definition) is 2. The van der Waals surface area contributed by atoms with Crippen LogP contribution in [0.4, 0.5) is 15.9 Å². The number of carbonyl (C=O) groups is 1. The van der Waals surface area contributed by atoms with E-state index in [1.165, 1.54) is 17.0 Å². The Morgan fingerprint density at radius 2 is 1.86 bits per heavy atom. The molecule has 2 N–H and O–H groups in total. The van der Waals surface area contributed by atoms with Gasteiger partial charge in [0.15, 0.2) is 0 Å². The normalized spacial score (nSPS) is 15.8. The molecule has 7 nitrogen and oxygen atoms in total. The number of aromatic nitrogens is 1. The SMILES string of the molecule is C[C@@H]1CN(c2cc(-c3cc(F)cc(-c4ccc(N(C=O)/C=C\N(C)C)c(Cl)c4)c3O)ccn2)CCN1. The summed E-state index contributed by atoms with van der Waals surface area (Å²) in [6.07, 6.45) is 5.63. The molecule has 3 aromatic rings. The molecule has 1 aliphatic heterocycles. The molecule has 1 aromatic heterocycles. The van der Waals surface area contributed by atoms with Crippen LogP contribution >= 0.6 is 11.6 Å². The fourth-order valence-corrected chi connectivity index (χ4v) is 4.48. The Balaban J connectivity index is 1.70. The van der Waals surface area contributed by atoms with Crippen LogP contribution in [0.15, 0.2) is 61.1 Å². The third kappa shape index (κ3) is 5.61. The number of aromatic hydroxyl groups is 1. The van der Waals surface area contributed by atoms with E-state index in [-0.39, 0.29) is 10.8 Å². The summed E-state index contributed by atoms with van der Waals surface area (Å²) in [4.78, 5) is 21.4. The number of carbonyl (C=O) groups excluding carboxylic acids is 1. The standard InChI is InChI=1S/C27H29ClFN5O2/c1-18-16-33(9-8-30-18)26-13-20(6-7-31-26)23-15-21(29)14-22(27(23)36)19-4-5-25(24(28)12-19)34(17-35)11-10-32(2)3/h4-7,10-15,17-18,30,36H,8-9,16H2,1-3H3/b11-10-/t18-/m1/s1. The molecule has 1 atom stereocenters. The van der Waals surface area contributed by atoms with E-state index < -0.39 is 5.82 Å². The van der Waals surface area contributed by atoms with Crippen molar-refractivity contribution in [1.82, 2.24) is 15.2 Å². The van der Waals surface area contributed by atoms with Crippen LogP contribution in [0.2, 0.25) is 5.02 Å². The number of phenolic OH excluding ortho intramolecular Hbond substituents is 1. The molecule has 188 valence electrons. The van der Waals surface area contributed by atoms with E-state index in [9.17, 15) is 14.3 Å². The first-order valence-electron chi connectivity index (χ1n) is 11.6. The minimum Gasteiger partial charge on any atom is -0.507 e. The topological polar surface area (TPSA) is 71.9 Å². The molecule has 1 fully saturated rings. The summed E-state index contributed by atoms with van der Waals surface area (Å²) in [5.41, 5.74) is 2.31. The van der Waals surface area contributed by atoms with Crippen molar-refractivity contribution in [2.45, 2.75) is 13.0 Å². The van der Waals surface area contributed by atoms with E-state index in [1.807, 2.05) is 20.2 Å². The zero-order chi connectivity index (χ0) is 25.8. The van der Waals surface area contributed by atoms with Gasteiger partial charge in [-0.3, -0.25) is 9.69 Å². The molecule has 1 aliphatic rings. The molecule has 36 heavy (non-hydrogen) atoms. The molecule has 2 aromatic carbocycles. The third-order valence-electron chi connectivity index (χ3n) is 6.00. The Morgan fingerprint density at radius 3 is 2.50 bits per heavy atom. The van der Waals surface area contributed by atoms with Crippen molar-refractivity contribution < 1.29 is 14.3 Å². The summed E-state index contributed by atoms with van der Waals surface area (Å²) in [7, 11) is 3.68. The minimum atomic E-state index is -0.490. The zero-order valence-corrected chi connectivity index (χ0v) is 21.2. The lowest BCUT2D eigenvalue weighted by molar-refractivity contribution is -0.106. The first-order chi connectivity index (χ1) is 17.3. The van der Waals surface area contributed by atoms with Crippen molar-refractivity contribution in [2.24, 2.45) is 0 Å². The van der Waals surface area contributed by atoms with Gasteiger partial charge in [-0.1, -0.05) is 17.7 Å². The van der Waals surface area contributed by atoms with E-state index >= 15 is 0 Å². The number of hydrogen-bond acceptors (Lipinski definition) is 6. The van der Waals surface area contributed by atoms with E-state index in [2.05, 4.69) is 22.1 Å². The molecular weight excluding hydrogens is 481 g/mol. The van der Waals surface area contributed by atoms with E-state index in [0.29, 0.717) is 40.4 Å². The Labute approximate surface area is 215 Å². The summed E-state index contributed by atoms with van der Waals surface area (Å²) in [5.74, 6) is 0.222. The van der Waals surface area contributed by atoms with Crippen LogP contribution in [0.3, 0.4) is 0 Å². The molecule has 0 unspecified atom stereocenters. The number of nitrogens with one attached hydrogen (secondary N) is 1. The average Bonchev–Trinajstić information content (AvgIpc) is 2.86. The first-order valence-corrected chi connectivity index (χ1v) is 12.0. The number of amides is 1. The predicted molar refractivity (Wildman–Crippen MR) is 143 cm³/mol. The van der Waals surface area contributed by atoms with Gasteiger partial charge in [-0.05, 0) is 54.4 Å². The van der Waals surface area contributed by atoms with E-state index in [0.717, 1.165) is 25.5 Å². The maximum Gasteiger partial charge on any atom is 0.218 e. The minimum absolute atomic E-state index is 0.0641. The highest BCUT2D eigenvalue weighted by atomic mass is 35.5. The van der Waals surface area contributed by atoms with Gasteiger partial charge in [-0.15, -0.1) is 0 Å². The van der Waals surface area contributed by atoms with Crippen LogP contribution in [0.25, 0.3) is 22.3 Å². The van der Waals surface area contributed by atoms with Crippen LogP contribution in [0, 0.1) is 5.82 Å². The lowest BCUT2D eigenvalue weighted by Gasteiger charge is -2.32. The fraction of sp³-hybridized carbons (Fsp3) is 0.259. The zero-order valence-electron chi connectivity index (χ0n) is 20.4. The average molecular weight is 510 g/mol. The summed E-state index contributed by atoms with van der Waals surface area (Å²) in [6, 6.07) is 11.5. The highest BCUT2D eigenvalue weighted by Crippen LogP contribution is 2.41. The van der Waals surface area contributed by atoms with Gasteiger partial charge in [0.25, 0.3) is 0 Å². The Bertz CT molecular complexity index is 1280. The van der Waals surface area contributed by atoms with Crippen LogP contribution in [0.1, 0.15) is 6.92 Å². The quantitative estimate of drug-likeness (QED) is 0.450. The van der Waals surface area contributed by atoms with Crippen LogP contribution in [0.5, 0.6) is 5.75 Å². The van der Waals surface area contributed by atoms with Crippen molar-refractivity contribution in [3.8, 4) is 28.0 Å². The number of phenols is 1. The van der Waals surface area contributed by atoms with Gasteiger partial charge >= 0.3 is 0 Å². The Morgan fingerprint density at radius 1 is 1.14 bits per heavy atom. The molecule has 0 bridgehead atoms. The number of pyridine rings is 1. The Hall–Kier alpha value is -3.62. The van der Waals surface area contributed by atoms with Crippen LogP contribution in [-0.4, -0.2) is 61.2 Å². The number of rotatable bonds is 7. The molecule has 1 amide bonds. The van der Waals surface area contributed by atoms with Crippen molar-refractivity contribution in [3.63, 3.8) is 0 Å². The van der Waals surface area contributed by atoms with E-state index in [1.54, 1.807) is 47.8 Å². The highest BCUT2D eigenvalue weighted by molar-refractivity contribution is 6.34. The second-order valence-corrected chi connectivity index (χ2v) is 9.40. The smallest absolute Gasteiger partial charge is 0.218 e. The molecule has 1 saturated heterocycles. The summed E-state index contributed by atoms with van der Waals surface area (Å²) >= 11 is 6.49. The third-order valence-corrected chi connectivity index (χ3v) is 6.30. The monoisotopic (exact) mass is 509 g/mol. The molecule has 0 saturated carbocycles. The molecule has 9 heteroatoms. The lowest BCUT2D eigenvalue weighted by Crippen LogP contribution is -2.49. The lowest BCUT2D eigenvalue weighted by atomic mass is 9.97. The molecule has 4 rings (SSSR count). The van der Waals surface area contributed by atoms with Crippen LogP contribution in [-0.2, 0) is 4.79 Å². The maximum absolute atomic E-state index is 14.8. The Kier molecular flexibility index (Phi) is 7.76. The highest BCUT2D eigenvalue weighted by Gasteiger charge is 2.20. The van der Waals surface area contributed by atoms with Crippen molar-refractivity contribution in [2.75, 3.05) is 43.5 Å². The van der Waals surface area contributed by atoms with Gasteiger partial charge in [0.05, 0.1) is 10.7 Å². The molecule has 0 aliphatic carbocycles. The number of nitrogens with zero attached hydrogens (tertiary/aromatic N) is 4. The largest absolute Gasteiger partial charge is 0.507 e. The second kappa shape index (κ2) is 11.0. The van der Waals surface area contributed by atoms with E-state index in [4.69, 9.17) is 11.6 Å². The summed E-state index contributed by atoms with van der Waals surface area (Å²) in [5, 5.41) is 14.9. The van der Waals surface area contributed by atoms with Gasteiger partial charge in [-0.2, -0.15) is 0 Å². The number of anilines is 2. The molecular formula is C27H29ClFN5O2. The predicted octanol–water partition coefficient (Wildman–Crippen LogP) is 4.71. The van der Waals surface area contributed by atoms with Crippen molar-refractivity contribution >= 4 is 29.5 Å². The summed E-state index contributed by atoms with van der Waals surface area (Å²) in [6.45, 7) is 4.59. The van der Waals surface area contributed by atoms with Gasteiger partial charge in [0.2, 0.25) is 6.41 Å². The number of halogens is 2. The van der Waals surface area contributed by atoms with Gasteiger partial charge in [-0.25, -0.2) is 9.37 Å². The second-order valence-electron chi connectivity index (χ2n) is 8.99. The molecule has 0 spiro atoms. The number of piperazine rings is 1. The maximum atomic E-state index is 14.8. The van der Waals surface area contributed by atoms with Gasteiger partial charge in [0.1, 0.15) is 17.4 Å². The van der Waals surface area contributed by atoms with Gasteiger partial charge in [0, 0.05) is 69.5 Å². The van der Waals surface area contributed by atoms with Gasteiger partial charge < -0.3 is 20.2 Å². The first kappa shape index (κ1) is 25.5. The van der Waals surface area contributed by atoms with Crippen molar-refractivity contribution in [1.29, 1.82) is 0 Å². The van der Waals surface area contributed by atoms with Crippen LogP contribution < -0.4 is 15.1 Å². The van der Waals surface area contributed by atoms with Crippen molar-refractivity contribution in [3.05, 3.63) is 71.9 Å². The molecule has 2 heterocycles. The molecule has 0 radical (unpaired) electrons. The fourth-order valence-electron chi connectivity index (χ4n) is 4.20. The summed E-state index contributed by atoms with van der Waals surface area (Å²) < 4.78 is 14.8. The number of benzene rings is 2.